The molecule has 2 aromatic rings. The first-order valence-corrected chi connectivity index (χ1v) is 6.61. The van der Waals surface area contributed by atoms with Crippen molar-refractivity contribution in [1.29, 1.82) is 0 Å². The lowest BCUT2D eigenvalue weighted by molar-refractivity contribution is 0.320. The molecule has 2 rings (SSSR count). The molecule has 0 aliphatic carbocycles. The number of benzene rings is 1. The molecule has 112 valence electrons. The molecule has 1 heterocycles. The van der Waals surface area contributed by atoms with Gasteiger partial charge >= 0.3 is 0 Å². The molecule has 0 spiro atoms. The summed E-state index contributed by atoms with van der Waals surface area (Å²) in [5.41, 5.74) is 0.675. The molecule has 0 saturated heterocycles. The minimum atomic E-state index is 0.303. The molecule has 6 nitrogen and oxygen atoms in total. The Bertz CT molecular complexity index is 579. The summed E-state index contributed by atoms with van der Waals surface area (Å²) in [6.07, 6.45) is 0. The highest BCUT2D eigenvalue weighted by Gasteiger charge is 2.14. The Morgan fingerprint density at radius 3 is 2.05 bits per heavy atom. The average Bonchev–Trinajstić information content (AvgIpc) is 2.54. The number of alkyl halides is 1. The van der Waals surface area contributed by atoms with Crippen LogP contribution in [0.25, 0.3) is 0 Å². The fourth-order valence-electron chi connectivity index (χ4n) is 1.71. The number of ether oxygens (including phenoxy) is 4. The quantitative estimate of drug-likeness (QED) is 0.764. The Kier molecular flexibility index (Phi) is 5.05. The van der Waals surface area contributed by atoms with Crippen LogP contribution < -0.4 is 18.9 Å². The van der Waals surface area contributed by atoms with Crippen molar-refractivity contribution in [2.24, 2.45) is 0 Å². The van der Waals surface area contributed by atoms with Gasteiger partial charge in [-0.2, -0.15) is 5.10 Å². The van der Waals surface area contributed by atoms with Crippen LogP contribution in [-0.4, -0.2) is 31.5 Å². The number of rotatable bonds is 6. The second-order valence-corrected chi connectivity index (χ2v) is 4.23. The third kappa shape index (κ3) is 3.46. The summed E-state index contributed by atoms with van der Waals surface area (Å²) in [5, 5.41) is 7.85. The highest BCUT2D eigenvalue weighted by molar-refractivity contribution is 6.16. The predicted molar refractivity (Wildman–Crippen MR) is 77.8 cm³/mol. The number of hydrogen-bond donors (Lipinski definition) is 0. The number of aromatic nitrogens is 2. The molecule has 1 aromatic carbocycles. The molecular weight excluding hydrogens is 296 g/mol. The smallest absolute Gasteiger partial charge is 0.238 e. The molecule has 0 fully saturated rings. The van der Waals surface area contributed by atoms with Crippen LogP contribution in [-0.2, 0) is 5.88 Å². The Balaban J connectivity index is 2.30. The van der Waals surface area contributed by atoms with E-state index in [1.54, 1.807) is 24.3 Å². The van der Waals surface area contributed by atoms with Gasteiger partial charge in [0.1, 0.15) is 5.75 Å². The van der Waals surface area contributed by atoms with Crippen molar-refractivity contribution in [2.45, 2.75) is 5.88 Å². The van der Waals surface area contributed by atoms with E-state index in [9.17, 15) is 0 Å². The number of nitrogens with zero attached hydrogens (tertiary/aromatic N) is 2. The van der Waals surface area contributed by atoms with Crippen LogP contribution in [0, 0.1) is 0 Å². The zero-order valence-corrected chi connectivity index (χ0v) is 12.7. The van der Waals surface area contributed by atoms with Crippen molar-refractivity contribution >= 4 is 11.6 Å². The van der Waals surface area contributed by atoms with Gasteiger partial charge in [-0.25, -0.2) is 0 Å². The van der Waals surface area contributed by atoms with Gasteiger partial charge in [-0.05, 0) is 6.07 Å². The monoisotopic (exact) mass is 310 g/mol. The summed E-state index contributed by atoms with van der Waals surface area (Å²) in [6.45, 7) is 0. The van der Waals surface area contributed by atoms with Crippen molar-refractivity contribution in [1.82, 2.24) is 10.2 Å². The minimum absolute atomic E-state index is 0.303. The summed E-state index contributed by atoms with van der Waals surface area (Å²) in [6, 6.07) is 6.79. The normalized spacial score (nSPS) is 10.1. The molecule has 0 aliphatic rings. The van der Waals surface area contributed by atoms with Gasteiger partial charge in [-0.1, -0.05) is 0 Å². The third-order valence-corrected chi connectivity index (χ3v) is 2.97. The summed E-state index contributed by atoms with van der Waals surface area (Å²) >= 11 is 5.66. The minimum Gasteiger partial charge on any atom is -0.493 e. The molecule has 0 amide bonds. The van der Waals surface area contributed by atoms with E-state index in [2.05, 4.69) is 10.2 Å². The van der Waals surface area contributed by atoms with Crippen molar-refractivity contribution in [3.63, 3.8) is 0 Å². The van der Waals surface area contributed by atoms with Crippen LogP contribution in [0.3, 0.4) is 0 Å². The third-order valence-electron chi connectivity index (χ3n) is 2.69. The van der Waals surface area contributed by atoms with Gasteiger partial charge in [0.15, 0.2) is 11.5 Å². The lowest BCUT2D eigenvalue weighted by Gasteiger charge is -2.14. The summed E-state index contributed by atoms with van der Waals surface area (Å²) in [7, 11) is 4.61. The van der Waals surface area contributed by atoms with E-state index in [0.717, 1.165) is 0 Å². The van der Waals surface area contributed by atoms with Gasteiger partial charge in [0.05, 0.1) is 32.9 Å². The fraction of sp³-hybridized carbons (Fsp3) is 0.286. The maximum absolute atomic E-state index is 5.66. The maximum atomic E-state index is 5.66. The summed E-state index contributed by atoms with van der Waals surface area (Å²) in [5.74, 6) is 2.64. The largest absolute Gasteiger partial charge is 0.493 e. The van der Waals surface area contributed by atoms with E-state index in [1.165, 1.54) is 21.3 Å². The van der Waals surface area contributed by atoms with Gasteiger partial charge in [-0.15, -0.1) is 16.7 Å². The molecular formula is C14H15ClN2O4. The fourth-order valence-corrected chi connectivity index (χ4v) is 1.85. The van der Waals surface area contributed by atoms with Crippen LogP contribution in [0.2, 0.25) is 0 Å². The second-order valence-electron chi connectivity index (χ2n) is 3.96. The number of hydrogen-bond acceptors (Lipinski definition) is 6. The molecule has 0 radical (unpaired) electrons. The summed E-state index contributed by atoms with van der Waals surface area (Å²) < 4.78 is 21.4. The van der Waals surface area contributed by atoms with E-state index < -0.39 is 0 Å². The Labute approximate surface area is 127 Å². The van der Waals surface area contributed by atoms with Crippen LogP contribution in [0.4, 0.5) is 0 Å². The highest BCUT2D eigenvalue weighted by Crippen LogP contribution is 2.41. The second kappa shape index (κ2) is 6.99. The lowest BCUT2D eigenvalue weighted by Crippen LogP contribution is -1.97. The topological polar surface area (TPSA) is 62.7 Å². The molecule has 0 bridgehead atoms. The molecule has 0 aliphatic heterocycles. The molecule has 0 saturated carbocycles. The van der Waals surface area contributed by atoms with Crippen molar-refractivity contribution in [2.75, 3.05) is 21.3 Å². The van der Waals surface area contributed by atoms with Crippen LogP contribution in [0.15, 0.2) is 24.3 Å². The maximum Gasteiger partial charge on any atom is 0.238 e. The number of halogens is 1. The van der Waals surface area contributed by atoms with Gasteiger partial charge in [0, 0.05) is 18.2 Å². The molecule has 0 unspecified atom stereocenters. The molecule has 1 aromatic heterocycles. The van der Waals surface area contributed by atoms with Crippen LogP contribution >= 0.6 is 11.6 Å². The van der Waals surface area contributed by atoms with Crippen molar-refractivity contribution < 1.29 is 18.9 Å². The van der Waals surface area contributed by atoms with E-state index in [0.29, 0.717) is 40.5 Å². The van der Waals surface area contributed by atoms with E-state index in [4.69, 9.17) is 30.5 Å². The lowest BCUT2D eigenvalue weighted by atomic mass is 10.2. The van der Waals surface area contributed by atoms with Gasteiger partial charge < -0.3 is 18.9 Å². The highest BCUT2D eigenvalue weighted by atomic mass is 35.5. The molecule has 0 N–H and O–H groups in total. The zero-order chi connectivity index (χ0) is 15.2. The Morgan fingerprint density at radius 1 is 0.952 bits per heavy atom. The van der Waals surface area contributed by atoms with E-state index in [1.807, 2.05) is 0 Å². The van der Waals surface area contributed by atoms with E-state index in [-0.39, 0.29) is 0 Å². The standard InChI is InChI=1S/C14H15ClN2O4/c1-18-11-6-10(7-12(19-2)14(11)20-3)21-13-5-4-9(8-15)16-17-13/h4-7H,8H2,1-3H3. The van der Waals surface area contributed by atoms with Crippen molar-refractivity contribution in [3.8, 4) is 28.9 Å². The molecule has 7 heteroatoms. The Morgan fingerprint density at radius 2 is 1.62 bits per heavy atom. The van der Waals surface area contributed by atoms with Crippen LogP contribution in [0.5, 0.6) is 28.9 Å². The van der Waals surface area contributed by atoms with Gasteiger partial charge in [0.2, 0.25) is 11.6 Å². The molecule has 0 atom stereocenters. The summed E-state index contributed by atoms with van der Waals surface area (Å²) in [4.78, 5) is 0. The number of methoxy groups -OCH3 is 3. The van der Waals surface area contributed by atoms with Gasteiger partial charge in [-0.3, -0.25) is 0 Å². The van der Waals surface area contributed by atoms with E-state index >= 15 is 0 Å². The average molecular weight is 311 g/mol. The van der Waals surface area contributed by atoms with Crippen molar-refractivity contribution in [3.05, 3.63) is 30.0 Å². The first-order chi connectivity index (χ1) is 10.2. The first-order valence-electron chi connectivity index (χ1n) is 6.08. The predicted octanol–water partition coefficient (Wildman–Crippen LogP) is 3.03. The zero-order valence-electron chi connectivity index (χ0n) is 11.9. The van der Waals surface area contributed by atoms with Gasteiger partial charge in [0.25, 0.3) is 0 Å². The van der Waals surface area contributed by atoms with Crippen LogP contribution in [0.1, 0.15) is 5.69 Å². The molecule has 21 heavy (non-hydrogen) atoms. The Hall–Kier alpha value is -2.21. The first kappa shape index (κ1) is 15.2. The SMILES string of the molecule is COc1cc(Oc2ccc(CCl)nn2)cc(OC)c1OC.